The van der Waals surface area contributed by atoms with Crippen LogP contribution in [0.5, 0.6) is 5.75 Å². The van der Waals surface area contributed by atoms with Crippen LogP contribution in [0.3, 0.4) is 0 Å². The van der Waals surface area contributed by atoms with Crippen LogP contribution >= 0.6 is 15.9 Å². The molecule has 78 valence electrons. The van der Waals surface area contributed by atoms with Gasteiger partial charge in [-0.2, -0.15) is 0 Å². The number of hydrogen-bond acceptors (Lipinski definition) is 2. The summed E-state index contributed by atoms with van der Waals surface area (Å²) in [6.07, 6.45) is 0.849. The van der Waals surface area contributed by atoms with E-state index in [4.69, 9.17) is 0 Å². The first kappa shape index (κ1) is 11.5. The molecular formula is C11H16BrNO. The average Bonchev–Trinajstić information content (AvgIpc) is 2.18. The minimum Gasteiger partial charge on any atom is -0.507 e. The molecule has 3 heteroatoms. The zero-order chi connectivity index (χ0) is 10.7. The Balaban J connectivity index is 3.06. The molecule has 2 nitrogen and oxygen atoms in total. The molecule has 0 atom stereocenters. The normalized spacial score (nSPS) is 10.6. The largest absolute Gasteiger partial charge is 0.507 e. The van der Waals surface area contributed by atoms with E-state index in [0.717, 1.165) is 34.1 Å². The van der Waals surface area contributed by atoms with Crippen molar-refractivity contribution >= 4 is 15.9 Å². The fraction of sp³-hybridized carbons (Fsp3) is 0.455. The molecule has 0 amide bonds. The summed E-state index contributed by atoms with van der Waals surface area (Å²) in [7, 11) is 1.91. The van der Waals surface area contributed by atoms with Crippen molar-refractivity contribution in [1.82, 2.24) is 5.32 Å². The fourth-order valence-corrected chi connectivity index (χ4v) is 1.95. The molecule has 0 radical (unpaired) electrons. The summed E-state index contributed by atoms with van der Waals surface area (Å²) in [5.74, 6) is 0.431. The second-order valence-corrected chi connectivity index (χ2v) is 4.32. The van der Waals surface area contributed by atoms with Gasteiger partial charge in [0, 0.05) is 4.47 Å². The molecule has 0 saturated heterocycles. The Hall–Kier alpha value is -0.540. The molecule has 0 spiro atoms. The van der Waals surface area contributed by atoms with Gasteiger partial charge in [0.05, 0.1) is 0 Å². The first-order chi connectivity index (χ1) is 6.57. The van der Waals surface area contributed by atoms with Gasteiger partial charge in [-0.25, -0.2) is 0 Å². The minimum absolute atomic E-state index is 0.431. The monoisotopic (exact) mass is 257 g/mol. The number of aromatic hydroxyl groups is 1. The van der Waals surface area contributed by atoms with Crippen LogP contribution in [0.15, 0.2) is 10.5 Å². The number of nitrogens with one attached hydrogen (secondary N) is 1. The van der Waals surface area contributed by atoms with E-state index in [2.05, 4.69) is 21.2 Å². The Bertz CT molecular complexity index is 337. The summed E-state index contributed by atoms with van der Waals surface area (Å²) in [6, 6.07) is 2.00. The standard InChI is InChI=1S/C11H16BrNO/c1-7-8(2)11(14)9(4-5-13-3)6-10(7)12/h6,13-14H,4-5H2,1-3H3. The van der Waals surface area contributed by atoms with Crippen molar-refractivity contribution in [3.63, 3.8) is 0 Å². The molecule has 2 N–H and O–H groups in total. The maximum atomic E-state index is 9.88. The lowest BCUT2D eigenvalue weighted by Crippen LogP contribution is -2.10. The lowest BCUT2D eigenvalue weighted by atomic mass is 10.0. The molecule has 1 aromatic rings. The van der Waals surface area contributed by atoms with Crippen molar-refractivity contribution < 1.29 is 5.11 Å². The minimum atomic E-state index is 0.431. The van der Waals surface area contributed by atoms with Gasteiger partial charge in [0.25, 0.3) is 0 Å². The maximum Gasteiger partial charge on any atom is 0.122 e. The van der Waals surface area contributed by atoms with E-state index in [0.29, 0.717) is 5.75 Å². The summed E-state index contributed by atoms with van der Waals surface area (Å²) in [5.41, 5.74) is 3.07. The van der Waals surface area contributed by atoms with Gasteiger partial charge < -0.3 is 10.4 Å². The van der Waals surface area contributed by atoms with E-state index in [1.54, 1.807) is 0 Å². The number of rotatable bonds is 3. The molecule has 0 unspecified atom stereocenters. The maximum absolute atomic E-state index is 9.88. The molecular weight excluding hydrogens is 242 g/mol. The zero-order valence-corrected chi connectivity index (χ0v) is 10.4. The Morgan fingerprint density at radius 2 is 2.00 bits per heavy atom. The van der Waals surface area contributed by atoms with E-state index in [1.807, 2.05) is 27.0 Å². The Labute approximate surface area is 93.5 Å². The molecule has 0 fully saturated rings. The van der Waals surface area contributed by atoms with Crippen molar-refractivity contribution in [2.75, 3.05) is 13.6 Å². The number of hydrogen-bond donors (Lipinski definition) is 2. The van der Waals surface area contributed by atoms with Crippen molar-refractivity contribution in [2.45, 2.75) is 20.3 Å². The van der Waals surface area contributed by atoms with E-state index in [1.165, 1.54) is 0 Å². The highest BCUT2D eigenvalue weighted by atomic mass is 79.9. The number of halogens is 1. The summed E-state index contributed by atoms with van der Waals surface area (Å²) in [6.45, 7) is 4.82. The van der Waals surface area contributed by atoms with Gasteiger partial charge >= 0.3 is 0 Å². The van der Waals surface area contributed by atoms with Crippen LogP contribution in [0.4, 0.5) is 0 Å². The van der Waals surface area contributed by atoms with Crippen LogP contribution in [0, 0.1) is 13.8 Å². The number of phenols is 1. The highest BCUT2D eigenvalue weighted by Crippen LogP contribution is 2.31. The summed E-state index contributed by atoms with van der Waals surface area (Å²) in [4.78, 5) is 0. The molecule has 0 saturated carbocycles. The van der Waals surface area contributed by atoms with Crippen LogP contribution in [0.1, 0.15) is 16.7 Å². The van der Waals surface area contributed by atoms with Crippen molar-refractivity contribution in [1.29, 1.82) is 0 Å². The van der Waals surface area contributed by atoms with Gasteiger partial charge in [0.2, 0.25) is 0 Å². The molecule has 0 aliphatic carbocycles. The first-order valence-electron chi connectivity index (χ1n) is 4.70. The smallest absolute Gasteiger partial charge is 0.122 e. The Kier molecular flexibility index (Phi) is 3.96. The first-order valence-corrected chi connectivity index (χ1v) is 5.49. The van der Waals surface area contributed by atoms with Gasteiger partial charge in [-0.3, -0.25) is 0 Å². The highest BCUT2D eigenvalue weighted by molar-refractivity contribution is 9.10. The van der Waals surface area contributed by atoms with Gasteiger partial charge in [-0.1, -0.05) is 15.9 Å². The zero-order valence-electron chi connectivity index (χ0n) is 8.82. The third-order valence-corrected chi connectivity index (χ3v) is 3.35. The second-order valence-electron chi connectivity index (χ2n) is 3.47. The second kappa shape index (κ2) is 4.80. The molecule has 0 aliphatic rings. The van der Waals surface area contributed by atoms with E-state index in [9.17, 15) is 5.11 Å². The quantitative estimate of drug-likeness (QED) is 0.873. The lowest BCUT2D eigenvalue weighted by Gasteiger charge is -2.11. The van der Waals surface area contributed by atoms with Crippen molar-refractivity contribution in [2.24, 2.45) is 0 Å². The molecule has 14 heavy (non-hydrogen) atoms. The predicted octanol–water partition coefficient (Wildman–Crippen LogP) is 2.53. The van der Waals surface area contributed by atoms with Crippen LogP contribution in [-0.2, 0) is 6.42 Å². The van der Waals surface area contributed by atoms with Gasteiger partial charge in [-0.15, -0.1) is 0 Å². The third-order valence-electron chi connectivity index (χ3n) is 2.53. The number of likely N-dealkylation sites (N-methyl/N-ethyl adjacent to an activating group) is 1. The summed E-state index contributed by atoms with van der Waals surface area (Å²) < 4.78 is 1.07. The van der Waals surface area contributed by atoms with Gasteiger partial charge in [-0.05, 0) is 56.6 Å². The van der Waals surface area contributed by atoms with Crippen molar-refractivity contribution in [3.8, 4) is 5.75 Å². The van der Waals surface area contributed by atoms with Crippen LogP contribution < -0.4 is 5.32 Å². The average molecular weight is 258 g/mol. The summed E-state index contributed by atoms with van der Waals surface area (Å²) >= 11 is 3.49. The Morgan fingerprint density at radius 3 is 2.57 bits per heavy atom. The number of phenolic OH excluding ortho intramolecular Hbond substituents is 1. The lowest BCUT2D eigenvalue weighted by molar-refractivity contribution is 0.462. The summed E-state index contributed by atoms with van der Waals surface area (Å²) in [5, 5.41) is 13.0. The Morgan fingerprint density at radius 1 is 1.36 bits per heavy atom. The molecule has 0 heterocycles. The SMILES string of the molecule is CNCCc1cc(Br)c(C)c(C)c1O. The highest BCUT2D eigenvalue weighted by Gasteiger charge is 2.09. The topological polar surface area (TPSA) is 32.3 Å². The van der Waals surface area contributed by atoms with E-state index in [-0.39, 0.29) is 0 Å². The van der Waals surface area contributed by atoms with Gasteiger partial charge in [0.1, 0.15) is 5.75 Å². The van der Waals surface area contributed by atoms with E-state index < -0.39 is 0 Å². The molecule has 0 bridgehead atoms. The molecule has 1 aromatic carbocycles. The van der Waals surface area contributed by atoms with Gasteiger partial charge in [0.15, 0.2) is 0 Å². The predicted molar refractivity (Wildman–Crippen MR) is 62.9 cm³/mol. The van der Waals surface area contributed by atoms with E-state index >= 15 is 0 Å². The molecule has 0 aliphatic heterocycles. The number of benzene rings is 1. The van der Waals surface area contributed by atoms with Crippen molar-refractivity contribution in [3.05, 3.63) is 27.2 Å². The molecule has 1 rings (SSSR count). The van der Waals surface area contributed by atoms with Crippen LogP contribution in [0.2, 0.25) is 0 Å². The molecule has 0 aromatic heterocycles. The van der Waals surface area contributed by atoms with Crippen LogP contribution in [-0.4, -0.2) is 18.7 Å². The fourth-order valence-electron chi connectivity index (χ4n) is 1.38. The van der Waals surface area contributed by atoms with Crippen LogP contribution in [0.25, 0.3) is 0 Å². The third kappa shape index (κ3) is 2.28.